The van der Waals surface area contributed by atoms with Crippen LogP contribution in [0.5, 0.6) is 0 Å². The first kappa shape index (κ1) is 16.4. The Labute approximate surface area is 107 Å². The third-order valence-corrected chi connectivity index (χ3v) is 1.83. The Bertz CT molecular complexity index is 236. The predicted molar refractivity (Wildman–Crippen MR) is 67.3 cm³/mol. The van der Waals surface area contributed by atoms with E-state index in [-0.39, 0.29) is 13.2 Å². The van der Waals surface area contributed by atoms with Gasteiger partial charge in [0.15, 0.2) is 0 Å². The number of hydrogen-bond donors (Lipinski definition) is 2. The molecule has 0 aromatic heterocycles. The predicted octanol–water partition coefficient (Wildman–Crippen LogP) is 1.34. The Morgan fingerprint density at radius 2 is 1.29 bits per heavy atom. The molecule has 0 bridgehead atoms. The van der Waals surface area contributed by atoms with Crippen molar-refractivity contribution in [3.63, 3.8) is 0 Å². The molecule has 0 unspecified atom stereocenters. The van der Waals surface area contributed by atoms with Crippen LogP contribution >= 0.6 is 11.6 Å². The van der Waals surface area contributed by atoms with Crippen molar-refractivity contribution in [3.8, 4) is 0 Å². The summed E-state index contributed by atoms with van der Waals surface area (Å²) in [6.45, 7) is 1.73. The standard InChI is InChI=1S/C6H5Cl.C6H14O4/c7-6-4-2-1-3-5-6;7-1-3-9-5-6-10-4-2-8/h1-5H;7-8H,1-6H2. The van der Waals surface area contributed by atoms with Gasteiger partial charge in [0.1, 0.15) is 0 Å². The maximum absolute atomic E-state index is 8.26. The lowest BCUT2D eigenvalue weighted by molar-refractivity contribution is 0.0222. The highest BCUT2D eigenvalue weighted by atomic mass is 35.5. The summed E-state index contributed by atoms with van der Waals surface area (Å²) in [5.41, 5.74) is 0. The second-order valence-electron chi connectivity index (χ2n) is 2.97. The van der Waals surface area contributed by atoms with Crippen LogP contribution in [0.1, 0.15) is 0 Å². The molecule has 1 aromatic rings. The van der Waals surface area contributed by atoms with Gasteiger partial charge in [-0.2, -0.15) is 0 Å². The van der Waals surface area contributed by atoms with Gasteiger partial charge in [0.2, 0.25) is 0 Å². The second kappa shape index (κ2) is 13.4. The fourth-order valence-corrected chi connectivity index (χ4v) is 1.01. The molecule has 0 spiro atoms. The van der Waals surface area contributed by atoms with Crippen molar-refractivity contribution in [3.05, 3.63) is 35.4 Å². The molecule has 17 heavy (non-hydrogen) atoms. The van der Waals surface area contributed by atoms with E-state index in [1.807, 2.05) is 30.3 Å². The smallest absolute Gasteiger partial charge is 0.0701 e. The molecule has 0 atom stereocenters. The maximum atomic E-state index is 8.26. The number of halogens is 1. The molecule has 0 heterocycles. The molecule has 2 N–H and O–H groups in total. The highest BCUT2D eigenvalue weighted by Crippen LogP contribution is 2.03. The SMILES string of the molecule is Clc1ccccc1.OCCOCCOCCO. The molecule has 0 aliphatic heterocycles. The lowest BCUT2D eigenvalue weighted by Crippen LogP contribution is -2.09. The van der Waals surface area contributed by atoms with Crippen LogP contribution in [0.25, 0.3) is 0 Å². The Morgan fingerprint density at radius 3 is 1.59 bits per heavy atom. The minimum Gasteiger partial charge on any atom is -0.394 e. The third-order valence-electron chi connectivity index (χ3n) is 1.58. The van der Waals surface area contributed by atoms with Crippen molar-refractivity contribution < 1.29 is 19.7 Å². The van der Waals surface area contributed by atoms with Crippen molar-refractivity contribution in [1.29, 1.82) is 0 Å². The molecular formula is C12H19ClO4. The first-order valence-corrected chi connectivity index (χ1v) is 5.76. The Kier molecular flexibility index (Phi) is 12.9. The van der Waals surface area contributed by atoms with E-state index in [1.54, 1.807) is 0 Å². The Balaban J connectivity index is 0.000000318. The third kappa shape index (κ3) is 13.3. The lowest BCUT2D eigenvalue weighted by Gasteiger charge is -2.01. The van der Waals surface area contributed by atoms with E-state index in [1.165, 1.54) is 0 Å². The summed E-state index contributed by atoms with van der Waals surface area (Å²) in [7, 11) is 0. The fourth-order valence-electron chi connectivity index (χ4n) is 0.866. The van der Waals surface area contributed by atoms with E-state index < -0.39 is 0 Å². The number of aliphatic hydroxyl groups excluding tert-OH is 2. The van der Waals surface area contributed by atoms with Crippen molar-refractivity contribution >= 4 is 11.6 Å². The summed E-state index contributed by atoms with van der Waals surface area (Å²) < 4.78 is 9.75. The van der Waals surface area contributed by atoms with Crippen LogP contribution in [-0.2, 0) is 9.47 Å². The minimum atomic E-state index is 0.0417. The number of aliphatic hydroxyl groups is 2. The van der Waals surface area contributed by atoms with Gasteiger partial charge in [-0.1, -0.05) is 29.8 Å². The minimum absolute atomic E-state index is 0.0417. The quantitative estimate of drug-likeness (QED) is 0.728. The van der Waals surface area contributed by atoms with Crippen molar-refractivity contribution in [2.24, 2.45) is 0 Å². The van der Waals surface area contributed by atoms with Crippen molar-refractivity contribution in [2.45, 2.75) is 0 Å². The molecule has 4 nitrogen and oxygen atoms in total. The van der Waals surface area contributed by atoms with Crippen molar-refractivity contribution in [1.82, 2.24) is 0 Å². The molecule has 0 saturated heterocycles. The molecule has 98 valence electrons. The van der Waals surface area contributed by atoms with E-state index >= 15 is 0 Å². The second-order valence-corrected chi connectivity index (χ2v) is 3.40. The fraction of sp³-hybridized carbons (Fsp3) is 0.500. The Hall–Kier alpha value is -0.650. The van der Waals surface area contributed by atoms with Gasteiger partial charge in [-0.05, 0) is 12.1 Å². The van der Waals surface area contributed by atoms with Crippen LogP contribution in [-0.4, -0.2) is 49.9 Å². The van der Waals surface area contributed by atoms with Gasteiger partial charge in [0.05, 0.1) is 39.6 Å². The van der Waals surface area contributed by atoms with Gasteiger partial charge in [0.25, 0.3) is 0 Å². The van der Waals surface area contributed by atoms with Gasteiger partial charge >= 0.3 is 0 Å². The summed E-state index contributed by atoms with van der Waals surface area (Å²) in [5.74, 6) is 0. The largest absolute Gasteiger partial charge is 0.394 e. The summed E-state index contributed by atoms with van der Waals surface area (Å²) in [6.07, 6.45) is 0. The molecule has 1 rings (SSSR count). The molecule has 0 fully saturated rings. The number of rotatable bonds is 7. The lowest BCUT2D eigenvalue weighted by atomic mass is 10.4. The summed E-state index contributed by atoms with van der Waals surface area (Å²) >= 11 is 5.54. The van der Waals surface area contributed by atoms with E-state index in [0.717, 1.165) is 5.02 Å². The van der Waals surface area contributed by atoms with Crippen LogP contribution in [0.15, 0.2) is 30.3 Å². The molecular weight excluding hydrogens is 244 g/mol. The molecule has 0 amide bonds. The highest BCUT2D eigenvalue weighted by Gasteiger charge is 1.86. The molecule has 0 aliphatic carbocycles. The zero-order valence-electron chi connectivity index (χ0n) is 9.72. The first-order chi connectivity index (χ1) is 8.31. The average Bonchev–Trinajstić information content (AvgIpc) is 2.35. The van der Waals surface area contributed by atoms with Crippen LogP contribution in [0, 0.1) is 0 Å². The summed E-state index contributed by atoms with van der Waals surface area (Å²) in [6, 6.07) is 9.44. The topological polar surface area (TPSA) is 58.9 Å². The van der Waals surface area contributed by atoms with Gasteiger partial charge < -0.3 is 19.7 Å². The van der Waals surface area contributed by atoms with Crippen LogP contribution in [0.3, 0.4) is 0 Å². The van der Waals surface area contributed by atoms with E-state index in [4.69, 9.17) is 31.3 Å². The number of ether oxygens (including phenoxy) is 2. The van der Waals surface area contributed by atoms with Crippen LogP contribution in [0.4, 0.5) is 0 Å². The number of benzene rings is 1. The van der Waals surface area contributed by atoms with E-state index in [9.17, 15) is 0 Å². The maximum Gasteiger partial charge on any atom is 0.0701 e. The Morgan fingerprint density at radius 1 is 0.824 bits per heavy atom. The van der Waals surface area contributed by atoms with Gasteiger partial charge in [-0.3, -0.25) is 0 Å². The molecule has 0 radical (unpaired) electrons. The van der Waals surface area contributed by atoms with Gasteiger partial charge in [0, 0.05) is 5.02 Å². The van der Waals surface area contributed by atoms with E-state index in [2.05, 4.69) is 0 Å². The summed E-state index contributed by atoms with van der Waals surface area (Å²) in [5, 5.41) is 17.3. The molecule has 5 heteroatoms. The van der Waals surface area contributed by atoms with E-state index in [0.29, 0.717) is 26.4 Å². The molecule has 0 saturated carbocycles. The zero-order chi connectivity index (χ0) is 12.8. The van der Waals surface area contributed by atoms with Gasteiger partial charge in [-0.25, -0.2) is 0 Å². The summed E-state index contributed by atoms with van der Waals surface area (Å²) in [4.78, 5) is 0. The number of hydrogen-bond acceptors (Lipinski definition) is 4. The normalized spacial score (nSPS) is 9.59. The van der Waals surface area contributed by atoms with Crippen LogP contribution in [0.2, 0.25) is 5.02 Å². The first-order valence-electron chi connectivity index (χ1n) is 5.39. The monoisotopic (exact) mass is 262 g/mol. The molecule has 1 aromatic carbocycles. The van der Waals surface area contributed by atoms with Crippen LogP contribution < -0.4 is 0 Å². The molecule has 0 aliphatic rings. The average molecular weight is 263 g/mol. The highest BCUT2D eigenvalue weighted by molar-refractivity contribution is 6.30. The van der Waals surface area contributed by atoms with Crippen molar-refractivity contribution in [2.75, 3.05) is 39.6 Å². The zero-order valence-corrected chi connectivity index (χ0v) is 10.5. The van der Waals surface area contributed by atoms with Gasteiger partial charge in [-0.15, -0.1) is 0 Å².